The van der Waals surface area contributed by atoms with Gasteiger partial charge in [-0.2, -0.15) is 0 Å². The van der Waals surface area contributed by atoms with Gasteiger partial charge >= 0.3 is 11.7 Å². The molecular formula is C13H18N4O5. The van der Waals surface area contributed by atoms with Crippen LogP contribution in [-0.2, 0) is 4.74 Å². The van der Waals surface area contributed by atoms with Gasteiger partial charge in [-0.3, -0.25) is 10.1 Å². The lowest BCUT2D eigenvalue weighted by atomic mass is 9.88. The largest absolute Gasteiger partial charge is 0.478 e. The van der Waals surface area contributed by atoms with Gasteiger partial charge in [-0.25, -0.2) is 9.78 Å². The van der Waals surface area contributed by atoms with E-state index in [2.05, 4.69) is 10.3 Å². The van der Waals surface area contributed by atoms with Crippen LogP contribution >= 0.6 is 0 Å². The molecule has 0 amide bonds. The summed E-state index contributed by atoms with van der Waals surface area (Å²) in [5, 5.41) is 23.0. The molecule has 0 atom stereocenters. The Morgan fingerprint density at radius 2 is 2.27 bits per heavy atom. The first kappa shape index (κ1) is 16.0. The van der Waals surface area contributed by atoms with E-state index in [1.54, 1.807) is 11.9 Å². The number of anilines is 2. The average Bonchev–Trinajstić information content (AvgIpc) is 2.43. The highest BCUT2D eigenvalue weighted by atomic mass is 16.6. The minimum atomic E-state index is -1.25. The van der Waals surface area contributed by atoms with Gasteiger partial charge < -0.3 is 20.1 Å². The van der Waals surface area contributed by atoms with Crippen molar-refractivity contribution in [3.8, 4) is 0 Å². The van der Waals surface area contributed by atoms with Gasteiger partial charge in [0.1, 0.15) is 11.4 Å². The van der Waals surface area contributed by atoms with Gasteiger partial charge in [-0.05, 0) is 0 Å². The number of pyridine rings is 1. The topological polar surface area (TPSA) is 118 Å². The lowest BCUT2D eigenvalue weighted by Gasteiger charge is -2.41. The minimum Gasteiger partial charge on any atom is -0.478 e. The van der Waals surface area contributed by atoms with Crippen LogP contribution in [0.4, 0.5) is 17.3 Å². The van der Waals surface area contributed by atoms with Crippen molar-refractivity contribution in [1.29, 1.82) is 0 Å². The number of hydrogen-bond acceptors (Lipinski definition) is 7. The Morgan fingerprint density at radius 1 is 1.64 bits per heavy atom. The standard InChI is InChI=1S/C13H18N4O5/c1-13(6-22-7-13)5-16(3)11-8(12(18)19)4-9(17(20)21)10(14-2)15-11/h4H,5-7H2,1-3H3,(H,14,15)(H,18,19). The van der Waals surface area contributed by atoms with Crippen molar-refractivity contribution in [3.63, 3.8) is 0 Å². The number of aromatic carboxylic acids is 1. The molecule has 2 heterocycles. The molecule has 1 saturated heterocycles. The first-order chi connectivity index (χ1) is 10.3. The zero-order valence-corrected chi connectivity index (χ0v) is 12.6. The molecule has 22 heavy (non-hydrogen) atoms. The van der Waals surface area contributed by atoms with E-state index >= 15 is 0 Å². The number of nitrogens with one attached hydrogen (secondary N) is 1. The third kappa shape index (κ3) is 2.93. The monoisotopic (exact) mass is 310 g/mol. The third-order valence-corrected chi connectivity index (χ3v) is 3.53. The SMILES string of the molecule is CNc1nc(N(C)CC2(C)COC2)c(C(=O)O)cc1[N+](=O)[O-]. The molecule has 120 valence electrons. The summed E-state index contributed by atoms with van der Waals surface area (Å²) in [7, 11) is 3.21. The van der Waals surface area contributed by atoms with E-state index < -0.39 is 10.9 Å². The Labute approximate surface area is 127 Å². The van der Waals surface area contributed by atoms with Crippen LogP contribution in [0.25, 0.3) is 0 Å². The highest BCUT2D eigenvalue weighted by Gasteiger charge is 2.36. The Balaban J connectivity index is 2.44. The molecule has 0 spiro atoms. The average molecular weight is 310 g/mol. The molecule has 1 aromatic heterocycles. The fourth-order valence-electron chi connectivity index (χ4n) is 2.45. The maximum absolute atomic E-state index is 11.4. The number of hydrogen-bond donors (Lipinski definition) is 2. The zero-order chi connectivity index (χ0) is 16.5. The third-order valence-electron chi connectivity index (χ3n) is 3.53. The van der Waals surface area contributed by atoms with Gasteiger partial charge in [0.25, 0.3) is 0 Å². The summed E-state index contributed by atoms with van der Waals surface area (Å²) in [6.07, 6.45) is 0. The molecule has 0 unspecified atom stereocenters. The van der Waals surface area contributed by atoms with Gasteiger partial charge in [0, 0.05) is 32.1 Å². The van der Waals surface area contributed by atoms with Crippen molar-refractivity contribution in [2.45, 2.75) is 6.92 Å². The molecule has 1 aliphatic rings. The smallest absolute Gasteiger partial charge is 0.339 e. The summed E-state index contributed by atoms with van der Waals surface area (Å²) in [5.74, 6) is -1.03. The highest BCUT2D eigenvalue weighted by Crippen LogP contribution is 2.33. The van der Waals surface area contributed by atoms with Crippen molar-refractivity contribution < 1.29 is 19.6 Å². The summed E-state index contributed by atoms with van der Waals surface area (Å²) in [5.41, 5.74) is -0.638. The van der Waals surface area contributed by atoms with Gasteiger partial charge in [0.05, 0.1) is 18.1 Å². The lowest BCUT2D eigenvalue weighted by Crippen LogP contribution is -2.48. The number of nitrogens with zero attached hydrogens (tertiary/aromatic N) is 3. The van der Waals surface area contributed by atoms with E-state index in [9.17, 15) is 20.0 Å². The predicted molar refractivity (Wildman–Crippen MR) is 79.6 cm³/mol. The number of rotatable bonds is 6. The van der Waals surface area contributed by atoms with Crippen LogP contribution in [0.1, 0.15) is 17.3 Å². The maximum atomic E-state index is 11.4. The number of carboxylic acid groups (broad SMARTS) is 1. The maximum Gasteiger partial charge on any atom is 0.339 e. The Kier molecular flexibility index (Phi) is 4.18. The Bertz CT molecular complexity index is 615. The van der Waals surface area contributed by atoms with E-state index in [1.165, 1.54) is 7.05 Å². The Hall–Kier alpha value is -2.42. The number of carboxylic acids is 1. The summed E-state index contributed by atoms with van der Waals surface area (Å²) in [6, 6.07) is 1.03. The van der Waals surface area contributed by atoms with Gasteiger partial charge in [0.15, 0.2) is 0 Å². The first-order valence-electron chi connectivity index (χ1n) is 6.67. The van der Waals surface area contributed by atoms with Crippen molar-refractivity contribution in [3.05, 3.63) is 21.7 Å². The quantitative estimate of drug-likeness (QED) is 0.594. The molecule has 0 bridgehead atoms. The van der Waals surface area contributed by atoms with Crippen molar-refractivity contribution in [2.24, 2.45) is 5.41 Å². The summed E-state index contributed by atoms with van der Waals surface area (Å²) < 4.78 is 5.18. The molecule has 0 radical (unpaired) electrons. The number of aromatic nitrogens is 1. The van der Waals surface area contributed by atoms with E-state index in [4.69, 9.17) is 4.74 Å². The van der Waals surface area contributed by atoms with E-state index in [0.717, 1.165) is 6.07 Å². The second-order valence-corrected chi connectivity index (χ2v) is 5.70. The molecule has 9 heteroatoms. The van der Waals surface area contributed by atoms with Crippen molar-refractivity contribution >= 4 is 23.3 Å². The molecule has 1 aromatic rings. The molecule has 2 N–H and O–H groups in total. The second-order valence-electron chi connectivity index (χ2n) is 5.70. The van der Waals surface area contributed by atoms with Gasteiger partial charge in [-0.15, -0.1) is 0 Å². The number of nitro groups is 1. The fraction of sp³-hybridized carbons (Fsp3) is 0.538. The molecule has 0 aliphatic carbocycles. The molecule has 0 aromatic carbocycles. The van der Waals surface area contributed by atoms with Gasteiger partial charge in [-0.1, -0.05) is 6.92 Å². The molecule has 2 rings (SSSR count). The molecule has 1 fully saturated rings. The van der Waals surface area contributed by atoms with Crippen molar-refractivity contribution in [1.82, 2.24) is 4.98 Å². The zero-order valence-electron chi connectivity index (χ0n) is 12.6. The normalized spacial score (nSPS) is 15.8. The van der Waals surface area contributed by atoms with Crippen LogP contribution < -0.4 is 10.2 Å². The molecular weight excluding hydrogens is 292 g/mol. The van der Waals surface area contributed by atoms with Crippen LogP contribution in [-0.4, -0.2) is 54.8 Å². The van der Waals surface area contributed by atoms with Crippen LogP contribution in [0.2, 0.25) is 0 Å². The van der Waals surface area contributed by atoms with E-state index in [1.807, 2.05) is 6.92 Å². The van der Waals surface area contributed by atoms with Crippen LogP contribution in [0.15, 0.2) is 6.07 Å². The predicted octanol–water partition coefficient (Wildman–Crippen LogP) is 1.20. The lowest BCUT2D eigenvalue weighted by molar-refractivity contribution is -0.384. The summed E-state index contributed by atoms with van der Waals surface area (Å²) in [4.78, 5) is 27.6. The fourth-order valence-corrected chi connectivity index (χ4v) is 2.45. The molecule has 1 aliphatic heterocycles. The van der Waals surface area contributed by atoms with Crippen molar-refractivity contribution in [2.75, 3.05) is 44.1 Å². The summed E-state index contributed by atoms with van der Waals surface area (Å²) in [6.45, 7) is 3.75. The summed E-state index contributed by atoms with van der Waals surface area (Å²) >= 11 is 0. The molecule has 9 nitrogen and oxygen atoms in total. The number of carbonyl (C=O) groups is 1. The molecule has 0 saturated carbocycles. The highest BCUT2D eigenvalue weighted by molar-refractivity contribution is 5.95. The van der Waals surface area contributed by atoms with Gasteiger partial charge in [0.2, 0.25) is 5.82 Å². The second kappa shape index (κ2) is 5.76. The van der Waals surface area contributed by atoms with Crippen LogP contribution in [0.3, 0.4) is 0 Å². The van der Waals surface area contributed by atoms with Crippen LogP contribution in [0.5, 0.6) is 0 Å². The van der Waals surface area contributed by atoms with E-state index in [0.29, 0.717) is 19.8 Å². The van der Waals surface area contributed by atoms with Crippen LogP contribution in [0, 0.1) is 15.5 Å². The minimum absolute atomic E-state index is 0.0341. The first-order valence-corrected chi connectivity index (χ1v) is 6.67. The van der Waals surface area contributed by atoms with E-state index in [-0.39, 0.29) is 28.3 Å². The Morgan fingerprint density at radius 3 is 2.68 bits per heavy atom. The number of ether oxygens (including phenoxy) is 1.